The average Bonchev–Trinajstić information content (AvgIpc) is 2.59. The number of unbranched alkanes of at least 4 members (excludes halogenated alkanes) is 1. The molecule has 0 saturated heterocycles. The Balaban J connectivity index is 2.11. The Labute approximate surface area is 150 Å². The Kier molecular flexibility index (Phi) is 6.58. The van der Waals surface area contributed by atoms with Crippen molar-refractivity contribution in [1.82, 2.24) is 10.3 Å². The summed E-state index contributed by atoms with van der Waals surface area (Å²) in [7, 11) is 0. The van der Waals surface area contributed by atoms with Gasteiger partial charge in [0.1, 0.15) is 5.69 Å². The molecule has 0 radical (unpaired) electrons. The molecular weight excluding hydrogens is 349 g/mol. The van der Waals surface area contributed by atoms with Crippen molar-refractivity contribution in [1.29, 1.82) is 0 Å². The number of aromatic nitrogens is 1. The largest absolute Gasteiger partial charge is 0.351 e. The van der Waals surface area contributed by atoms with Crippen molar-refractivity contribution in [2.75, 3.05) is 11.9 Å². The maximum Gasteiger partial charge on any atom is 0.269 e. The molecule has 0 fully saturated rings. The molecule has 0 atom stereocenters. The number of halogens is 2. The molecule has 0 spiro atoms. The minimum absolute atomic E-state index is 0.191. The highest BCUT2D eigenvalue weighted by molar-refractivity contribution is 6.44. The molecule has 7 heteroatoms. The summed E-state index contributed by atoms with van der Waals surface area (Å²) in [6.45, 7) is 2.61. The summed E-state index contributed by atoms with van der Waals surface area (Å²) in [6, 6.07) is 7.92. The fourth-order valence-electron chi connectivity index (χ4n) is 1.96. The molecule has 0 aliphatic carbocycles. The first-order valence-corrected chi connectivity index (χ1v) is 8.28. The second-order valence-electron chi connectivity index (χ2n) is 5.09. The van der Waals surface area contributed by atoms with Gasteiger partial charge in [0.25, 0.3) is 11.8 Å². The highest BCUT2D eigenvalue weighted by Crippen LogP contribution is 2.29. The number of rotatable bonds is 6. The topological polar surface area (TPSA) is 71.1 Å². The van der Waals surface area contributed by atoms with Crippen LogP contribution in [0.2, 0.25) is 10.0 Å². The lowest BCUT2D eigenvalue weighted by Crippen LogP contribution is -2.25. The van der Waals surface area contributed by atoms with Crippen LogP contribution in [0.25, 0.3) is 0 Å². The van der Waals surface area contributed by atoms with E-state index >= 15 is 0 Å². The number of hydrogen-bond acceptors (Lipinski definition) is 3. The fraction of sp³-hybridized carbons (Fsp3) is 0.235. The van der Waals surface area contributed by atoms with Gasteiger partial charge in [-0.3, -0.25) is 14.6 Å². The summed E-state index contributed by atoms with van der Waals surface area (Å²) in [4.78, 5) is 28.3. The average molecular weight is 366 g/mol. The van der Waals surface area contributed by atoms with Gasteiger partial charge in [0, 0.05) is 18.3 Å². The van der Waals surface area contributed by atoms with Crippen LogP contribution in [0.3, 0.4) is 0 Å². The summed E-state index contributed by atoms with van der Waals surface area (Å²) >= 11 is 12.0. The third-order valence-electron chi connectivity index (χ3n) is 3.27. The molecule has 2 aromatic rings. The van der Waals surface area contributed by atoms with Crippen LogP contribution in [-0.2, 0) is 0 Å². The number of hydrogen-bond donors (Lipinski definition) is 2. The zero-order valence-corrected chi connectivity index (χ0v) is 14.6. The van der Waals surface area contributed by atoms with Gasteiger partial charge in [-0.05, 0) is 30.7 Å². The first-order chi connectivity index (χ1) is 11.5. The Hall–Kier alpha value is -2.11. The fourth-order valence-corrected chi connectivity index (χ4v) is 2.31. The van der Waals surface area contributed by atoms with Crippen LogP contribution in [-0.4, -0.2) is 23.3 Å². The minimum Gasteiger partial charge on any atom is -0.351 e. The standard InChI is InChI=1S/C17H17Cl2N3O2/c1-2-3-8-21-17(24)14-10-11(7-9-20-14)16(23)22-13-6-4-5-12(18)15(13)19/h4-7,9-10H,2-3,8H2,1H3,(H,21,24)(H,22,23). The monoisotopic (exact) mass is 365 g/mol. The van der Waals surface area contributed by atoms with Gasteiger partial charge in [-0.1, -0.05) is 42.6 Å². The lowest BCUT2D eigenvalue weighted by Gasteiger charge is -2.09. The molecule has 0 aliphatic rings. The summed E-state index contributed by atoms with van der Waals surface area (Å²) in [5.41, 5.74) is 0.901. The molecule has 126 valence electrons. The first-order valence-electron chi connectivity index (χ1n) is 7.52. The molecule has 0 unspecified atom stereocenters. The maximum atomic E-state index is 12.3. The molecule has 0 saturated carbocycles. The molecule has 5 nitrogen and oxygen atoms in total. The zero-order valence-electron chi connectivity index (χ0n) is 13.1. The van der Waals surface area contributed by atoms with Gasteiger partial charge >= 0.3 is 0 Å². The highest BCUT2D eigenvalue weighted by atomic mass is 35.5. The van der Waals surface area contributed by atoms with Crippen molar-refractivity contribution in [3.05, 3.63) is 57.8 Å². The third kappa shape index (κ3) is 4.69. The van der Waals surface area contributed by atoms with Crippen molar-refractivity contribution < 1.29 is 9.59 Å². The summed E-state index contributed by atoms with van der Waals surface area (Å²) in [6.07, 6.45) is 3.29. The molecule has 1 heterocycles. The van der Waals surface area contributed by atoms with E-state index < -0.39 is 5.91 Å². The lowest BCUT2D eigenvalue weighted by molar-refractivity contribution is 0.0948. The highest BCUT2D eigenvalue weighted by Gasteiger charge is 2.13. The Bertz CT molecular complexity index is 750. The molecule has 2 amide bonds. The number of pyridine rings is 1. The van der Waals surface area contributed by atoms with Crippen LogP contribution < -0.4 is 10.6 Å². The van der Waals surface area contributed by atoms with Gasteiger partial charge in [-0.15, -0.1) is 0 Å². The summed E-state index contributed by atoms with van der Waals surface area (Å²) in [5.74, 6) is -0.705. The molecule has 2 N–H and O–H groups in total. The van der Waals surface area contributed by atoms with E-state index in [4.69, 9.17) is 23.2 Å². The number of anilines is 1. The predicted molar refractivity (Wildman–Crippen MR) is 95.9 cm³/mol. The molecule has 1 aromatic carbocycles. The van der Waals surface area contributed by atoms with Crippen molar-refractivity contribution >= 4 is 40.7 Å². The van der Waals surface area contributed by atoms with E-state index in [2.05, 4.69) is 15.6 Å². The zero-order chi connectivity index (χ0) is 17.5. The number of carbonyl (C=O) groups is 2. The number of nitrogens with one attached hydrogen (secondary N) is 2. The van der Waals surface area contributed by atoms with Crippen LogP contribution in [0.15, 0.2) is 36.5 Å². The molecule has 0 bridgehead atoms. The van der Waals surface area contributed by atoms with Crippen molar-refractivity contribution in [3.8, 4) is 0 Å². The predicted octanol–water partition coefficient (Wildman–Crippen LogP) is 4.17. The smallest absolute Gasteiger partial charge is 0.269 e. The van der Waals surface area contributed by atoms with Gasteiger partial charge in [-0.2, -0.15) is 0 Å². The van der Waals surface area contributed by atoms with Crippen LogP contribution >= 0.6 is 23.2 Å². The normalized spacial score (nSPS) is 10.3. The SMILES string of the molecule is CCCCNC(=O)c1cc(C(=O)Nc2cccc(Cl)c2Cl)ccn1. The van der Waals surface area contributed by atoms with E-state index in [0.29, 0.717) is 22.8 Å². The molecule has 1 aromatic heterocycles. The minimum atomic E-state index is -0.399. The number of amides is 2. The third-order valence-corrected chi connectivity index (χ3v) is 4.09. The van der Waals surface area contributed by atoms with E-state index in [0.717, 1.165) is 12.8 Å². The van der Waals surface area contributed by atoms with Crippen molar-refractivity contribution in [2.45, 2.75) is 19.8 Å². The quantitative estimate of drug-likeness (QED) is 0.754. The van der Waals surface area contributed by atoms with Gasteiger partial charge in [0.2, 0.25) is 0 Å². The van der Waals surface area contributed by atoms with E-state index in [1.807, 2.05) is 6.92 Å². The number of carbonyl (C=O) groups excluding carboxylic acids is 2. The summed E-state index contributed by atoms with van der Waals surface area (Å²) in [5, 5.41) is 6.04. The molecule has 24 heavy (non-hydrogen) atoms. The van der Waals surface area contributed by atoms with E-state index in [9.17, 15) is 9.59 Å². The van der Waals surface area contributed by atoms with Gasteiger partial charge in [0.15, 0.2) is 0 Å². The number of benzene rings is 1. The van der Waals surface area contributed by atoms with Gasteiger partial charge in [-0.25, -0.2) is 0 Å². The molecule has 0 aliphatic heterocycles. The van der Waals surface area contributed by atoms with Crippen LogP contribution in [0.1, 0.15) is 40.6 Å². The summed E-state index contributed by atoms with van der Waals surface area (Å²) < 4.78 is 0. The van der Waals surface area contributed by atoms with E-state index in [1.54, 1.807) is 18.2 Å². The molecular formula is C17H17Cl2N3O2. The second-order valence-corrected chi connectivity index (χ2v) is 5.88. The number of nitrogens with zero attached hydrogens (tertiary/aromatic N) is 1. The van der Waals surface area contributed by atoms with Crippen LogP contribution in [0.4, 0.5) is 5.69 Å². The Morgan fingerprint density at radius 2 is 1.96 bits per heavy atom. The van der Waals surface area contributed by atoms with Gasteiger partial charge in [0.05, 0.1) is 15.7 Å². The Morgan fingerprint density at radius 1 is 1.17 bits per heavy atom. The van der Waals surface area contributed by atoms with Crippen LogP contribution in [0.5, 0.6) is 0 Å². The van der Waals surface area contributed by atoms with E-state index in [-0.39, 0.29) is 16.6 Å². The maximum absolute atomic E-state index is 12.3. The van der Waals surface area contributed by atoms with E-state index in [1.165, 1.54) is 18.3 Å². The van der Waals surface area contributed by atoms with Crippen LogP contribution in [0, 0.1) is 0 Å². The Morgan fingerprint density at radius 3 is 2.71 bits per heavy atom. The van der Waals surface area contributed by atoms with Crippen molar-refractivity contribution in [3.63, 3.8) is 0 Å². The lowest BCUT2D eigenvalue weighted by atomic mass is 10.2. The van der Waals surface area contributed by atoms with Gasteiger partial charge < -0.3 is 10.6 Å². The molecule has 2 rings (SSSR count). The second kappa shape index (κ2) is 8.66. The first kappa shape index (κ1) is 18.2. The van der Waals surface area contributed by atoms with Crippen molar-refractivity contribution in [2.24, 2.45) is 0 Å².